The SMILES string of the molecule is OCCC(F)c1ccccc1C(F)(F)F. The van der Waals surface area contributed by atoms with E-state index in [1.54, 1.807) is 0 Å². The fourth-order valence-corrected chi connectivity index (χ4v) is 1.30. The van der Waals surface area contributed by atoms with Crippen LogP contribution in [-0.2, 0) is 6.18 Å². The van der Waals surface area contributed by atoms with Gasteiger partial charge >= 0.3 is 6.18 Å². The molecule has 0 saturated heterocycles. The number of alkyl halides is 4. The first-order chi connectivity index (χ1) is 6.96. The third-order valence-corrected chi connectivity index (χ3v) is 1.99. The van der Waals surface area contributed by atoms with Crippen molar-refractivity contribution < 1.29 is 22.7 Å². The molecule has 1 aromatic carbocycles. The Bertz CT molecular complexity index is 321. The molecule has 1 atom stereocenters. The zero-order valence-corrected chi connectivity index (χ0v) is 7.76. The molecule has 0 heterocycles. The number of rotatable bonds is 3. The monoisotopic (exact) mass is 222 g/mol. The summed E-state index contributed by atoms with van der Waals surface area (Å²) in [7, 11) is 0. The van der Waals surface area contributed by atoms with E-state index < -0.39 is 30.1 Å². The van der Waals surface area contributed by atoms with Crippen LogP contribution < -0.4 is 0 Å². The highest BCUT2D eigenvalue weighted by atomic mass is 19.4. The van der Waals surface area contributed by atoms with Gasteiger partial charge in [0.2, 0.25) is 0 Å². The minimum atomic E-state index is -4.56. The van der Waals surface area contributed by atoms with E-state index in [-0.39, 0.29) is 6.42 Å². The van der Waals surface area contributed by atoms with E-state index in [0.29, 0.717) is 0 Å². The fraction of sp³-hybridized carbons (Fsp3) is 0.400. The van der Waals surface area contributed by atoms with Gasteiger partial charge in [-0.1, -0.05) is 18.2 Å². The molecule has 0 saturated carbocycles. The van der Waals surface area contributed by atoms with E-state index in [0.717, 1.165) is 12.1 Å². The summed E-state index contributed by atoms with van der Waals surface area (Å²) < 4.78 is 50.5. The highest BCUT2D eigenvalue weighted by Crippen LogP contribution is 2.36. The molecule has 0 aliphatic rings. The fourth-order valence-electron chi connectivity index (χ4n) is 1.30. The van der Waals surface area contributed by atoms with Crippen LogP contribution in [0, 0.1) is 0 Å². The van der Waals surface area contributed by atoms with Gasteiger partial charge in [-0.15, -0.1) is 0 Å². The summed E-state index contributed by atoms with van der Waals surface area (Å²) in [5.41, 5.74) is -1.40. The number of aliphatic hydroxyl groups excluding tert-OH is 1. The van der Waals surface area contributed by atoms with E-state index >= 15 is 0 Å². The molecule has 1 N–H and O–H groups in total. The molecule has 0 aliphatic carbocycles. The summed E-state index contributed by atoms with van der Waals surface area (Å²) in [6, 6.07) is 4.47. The van der Waals surface area contributed by atoms with Gasteiger partial charge in [0.15, 0.2) is 0 Å². The molecule has 84 valence electrons. The smallest absolute Gasteiger partial charge is 0.396 e. The molecule has 0 fully saturated rings. The van der Waals surface area contributed by atoms with Gasteiger partial charge < -0.3 is 5.11 Å². The van der Waals surface area contributed by atoms with E-state index in [4.69, 9.17) is 5.11 Å². The lowest BCUT2D eigenvalue weighted by atomic mass is 10.0. The Hall–Kier alpha value is -1.10. The average molecular weight is 222 g/mol. The van der Waals surface area contributed by atoms with Crippen molar-refractivity contribution in [1.82, 2.24) is 0 Å². The first-order valence-electron chi connectivity index (χ1n) is 4.38. The summed E-state index contributed by atoms with van der Waals surface area (Å²) in [6.45, 7) is -0.479. The second-order valence-corrected chi connectivity index (χ2v) is 3.06. The summed E-state index contributed by atoms with van der Waals surface area (Å²) in [6.07, 6.45) is -6.67. The van der Waals surface area contributed by atoms with Gasteiger partial charge in [-0.3, -0.25) is 0 Å². The van der Waals surface area contributed by atoms with Gasteiger partial charge in [0.05, 0.1) is 5.56 Å². The van der Waals surface area contributed by atoms with Gasteiger partial charge in [-0.25, -0.2) is 4.39 Å². The molecule has 0 spiro atoms. The van der Waals surface area contributed by atoms with Crippen molar-refractivity contribution in [2.24, 2.45) is 0 Å². The normalized spacial score (nSPS) is 13.9. The molecule has 1 rings (SSSR count). The van der Waals surface area contributed by atoms with Crippen LogP contribution in [0.1, 0.15) is 23.7 Å². The van der Waals surface area contributed by atoms with Gasteiger partial charge in [0.25, 0.3) is 0 Å². The first kappa shape index (κ1) is 12.0. The zero-order chi connectivity index (χ0) is 11.5. The third kappa shape index (κ3) is 2.92. The quantitative estimate of drug-likeness (QED) is 0.779. The van der Waals surface area contributed by atoms with Crippen LogP contribution in [0.3, 0.4) is 0 Å². The summed E-state index contributed by atoms with van der Waals surface area (Å²) in [4.78, 5) is 0. The summed E-state index contributed by atoms with van der Waals surface area (Å²) in [5.74, 6) is 0. The van der Waals surface area contributed by atoms with Crippen molar-refractivity contribution in [1.29, 1.82) is 0 Å². The van der Waals surface area contributed by atoms with Crippen LogP contribution >= 0.6 is 0 Å². The number of benzene rings is 1. The summed E-state index contributed by atoms with van der Waals surface area (Å²) >= 11 is 0. The third-order valence-electron chi connectivity index (χ3n) is 1.99. The van der Waals surface area contributed by atoms with Crippen molar-refractivity contribution in [2.45, 2.75) is 18.8 Å². The predicted molar refractivity (Wildman–Crippen MR) is 47.0 cm³/mol. The van der Waals surface area contributed by atoms with Gasteiger partial charge in [0.1, 0.15) is 6.17 Å². The van der Waals surface area contributed by atoms with Gasteiger partial charge in [-0.2, -0.15) is 13.2 Å². The molecule has 0 amide bonds. The van der Waals surface area contributed by atoms with Crippen LogP contribution in [-0.4, -0.2) is 11.7 Å². The minimum absolute atomic E-state index is 0.326. The van der Waals surface area contributed by atoms with Crippen LogP contribution in [0.5, 0.6) is 0 Å². The van der Waals surface area contributed by atoms with Crippen LogP contribution in [0.25, 0.3) is 0 Å². The molecule has 1 aromatic rings. The number of hydrogen-bond acceptors (Lipinski definition) is 1. The Morgan fingerprint density at radius 3 is 2.33 bits per heavy atom. The number of aliphatic hydroxyl groups is 1. The Morgan fingerprint density at radius 2 is 1.80 bits per heavy atom. The van der Waals surface area contributed by atoms with E-state index in [1.807, 2.05) is 0 Å². The molecule has 0 aliphatic heterocycles. The van der Waals surface area contributed by atoms with Crippen molar-refractivity contribution >= 4 is 0 Å². The largest absolute Gasteiger partial charge is 0.416 e. The molecular formula is C10H10F4O. The van der Waals surface area contributed by atoms with E-state index in [1.165, 1.54) is 12.1 Å². The average Bonchev–Trinajstić information content (AvgIpc) is 2.17. The molecule has 1 unspecified atom stereocenters. The standard InChI is InChI=1S/C10H10F4O/c11-9(5-6-15)7-3-1-2-4-8(7)10(12,13)14/h1-4,9,15H,5-6H2. The molecule has 5 heteroatoms. The van der Waals surface area contributed by atoms with E-state index in [2.05, 4.69) is 0 Å². The summed E-state index contributed by atoms with van der Waals surface area (Å²) in [5, 5.41) is 8.47. The minimum Gasteiger partial charge on any atom is -0.396 e. The Labute approximate surface area is 84.3 Å². The topological polar surface area (TPSA) is 20.2 Å². The molecule has 1 nitrogen and oxygen atoms in total. The second kappa shape index (κ2) is 4.61. The lowest BCUT2D eigenvalue weighted by Crippen LogP contribution is -2.10. The maximum atomic E-state index is 13.3. The maximum Gasteiger partial charge on any atom is 0.416 e. The highest BCUT2D eigenvalue weighted by Gasteiger charge is 2.34. The van der Waals surface area contributed by atoms with Crippen LogP contribution in [0.2, 0.25) is 0 Å². The molecule has 15 heavy (non-hydrogen) atoms. The first-order valence-corrected chi connectivity index (χ1v) is 4.38. The van der Waals surface area contributed by atoms with Crippen LogP contribution in [0.15, 0.2) is 24.3 Å². The Kier molecular flexibility index (Phi) is 3.68. The van der Waals surface area contributed by atoms with Gasteiger partial charge in [-0.05, 0) is 11.6 Å². The van der Waals surface area contributed by atoms with Gasteiger partial charge in [0, 0.05) is 13.0 Å². The molecule has 0 bridgehead atoms. The van der Waals surface area contributed by atoms with Crippen molar-refractivity contribution in [3.05, 3.63) is 35.4 Å². The van der Waals surface area contributed by atoms with Crippen molar-refractivity contribution in [2.75, 3.05) is 6.61 Å². The van der Waals surface area contributed by atoms with E-state index in [9.17, 15) is 17.6 Å². The Balaban J connectivity index is 3.06. The lowest BCUT2D eigenvalue weighted by molar-refractivity contribution is -0.138. The van der Waals surface area contributed by atoms with Crippen molar-refractivity contribution in [3.63, 3.8) is 0 Å². The number of halogens is 4. The molecular weight excluding hydrogens is 212 g/mol. The molecule has 0 radical (unpaired) electrons. The van der Waals surface area contributed by atoms with Crippen molar-refractivity contribution in [3.8, 4) is 0 Å². The lowest BCUT2D eigenvalue weighted by Gasteiger charge is -2.14. The zero-order valence-electron chi connectivity index (χ0n) is 7.76. The number of hydrogen-bond donors (Lipinski definition) is 1. The maximum absolute atomic E-state index is 13.3. The predicted octanol–water partition coefficient (Wildman–Crippen LogP) is 3.10. The second-order valence-electron chi connectivity index (χ2n) is 3.06. The highest BCUT2D eigenvalue weighted by molar-refractivity contribution is 5.31. The van der Waals surface area contributed by atoms with Crippen LogP contribution in [0.4, 0.5) is 17.6 Å². The molecule has 0 aromatic heterocycles. The Morgan fingerprint density at radius 1 is 1.20 bits per heavy atom.